The molecule has 0 bridgehead atoms. The number of rotatable bonds is 2. The van der Waals surface area contributed by atoms with Gasteiger partial charge in [-0.1, -0.05) is 20.3 Å². The first-order valence-corrected chi connectivity index (χ1v) is 6.25. The van der Waals surface area contributed by atoms with Gasteiger partial charge in [0.1, 0.15) is 0 Å². The second-order valence-electron chi connectivity index (χ2n) is 5.10. The molecule has 2 rings (SSSR count). The summed E-state index contributed by atoms with van der Waals surface area (Å²) in [5.74, 6) is 0. The first-order chi connectivity index (χ1) is 6.77. The van der Waals surface area contributed by atoms with Crippen molar-refractivity contribution >= 4 is 0 Å². The topological polar surface area (TPSA) is 6.48 Å². The van der Waals surface area contributed by atoms with Gasteiger partial charge in [-0.15, -0.1) is 0 Å². The smallest absolute Gasteiger partial charge is 0.0113 e. The molecule has 90 valence electrons. The molecule has 0 amide bonds. The van der Waals surface area contributed by atoms with Gasteiger partial charge in [0, 0.05) is 38.3 Å². The van der Waals surface area contributed by atoms with Crippen molar-refractivity contribution in [2.75, 3.05) is 26.2 Å². The Bertz CT molecular complexity index is 165. The summed E-state index contributed by atoms with van der Waals surface area (Å²) in [7, 11) is 0. The second-order valence-corrected chi connectivity index (χ2v) is 5.10. The van der Waals surface area contributed by atoms with Gasteiger partial charge < -0.3 is 0 Å². The zero-order valence-electron chi connectivity index (χ0n) is 9.71. The Kier molecular flexibility index (Phi) is 5.07. The van der Waals surface area contributed by atoms with Crippen LogP contribution >= 0.6 is 0 Å². The molecule has 15 heavy (non-hydrogen) atoms. The fraction of sp³-hybridized carbons (Fsp3) is 1.00. The summed E-state index contributed by atoms with van der Waals surface area (Å²) < 4.78 is 0. The van der Waals surface area contributed by atoms with Gasteiger partial charge >= 0.3 is 0 Å². The molecule has 2 heteroatoms. The minimum Gasteiger partial charge on any atom is -0.298 e. The minimum atomic E-state index is 0. The van der Waals surface area contributed by atoms with E-state index in [0.717, 1.165) is 12.1 Å². The van der Waals surface area contributed by atoms with Crippen molar-refractivity contribution in [2.24, 2.45) is 0 Å². The first-order valence-electron chi connectivity index (χ1n) is 6.25. The third kappa shape index (κ3) is 3.18. The molecule has 0 aromatic carbocycles. The van der Waals surface area contributed by atoms with Crippen molar-refractivity contribution in [3.63, 3.8) is 0 Å². The third-order valence-electron chi connectivity index (χ3n) is 3.92. The summed E-state index contributed by atoms with van der Waals surface area (Å²) >= 11 is 0. The Morgan fingerprint density at radius 3 is 1.93 bits per heavy atom. The van der Waals surface area contributed by atoms with Crippen LogP contribution in [0.1, 0.15) is 47.0 Å². The van der Waals surface area contributed by atoms with E-state index >= 15 is 0 Å². The highest BCUT2D eigenvalue weighted by molar-refractivity contribution is 4.82. The van der Waals surface area contributed by atoms with Crippen LogP contribution in [0, 0.1) is 0 Å². The molecule has 2 nitrogen and oxygen atoms in total. The summed E-state index contributed by atoms with van der Waals surface area (Å²) in [6.45, 7) is 9.81. The highest BCUT2D eigenvalue weighted by Gasteiger charge is 2.26. The molecule has 0 atom stereocenters. The van der Waals surface area contributed by atoms with E-state index < -0.39 is 0 Å². The monoisotopic (exact) mass is 212 g/mol. The second kappa shape index (κ2) is 5.86. The minimum absolute atomic E-state index is 0. The quantitative estimate of drug-likeness (QED) is 0.694. The Balaban J connectivity index is 0.00000112. The van der Waals surface area contributed by atoms with Gasteiger partial charge in [-0.05, 0) is 26.7 Å². The number of hydrogen-bond acceptors (Lipinski definition) is 2. The molecule has 0 unspecified atom stereocenters. The van der Waals surface area contributed by atoms with E-state index in [4.69, 9.17) is 0 Å². The van der Waals surface area contributed by atoms with Crippen LogP contribution in [0.25, 0.3) is 0 Å². The zero-order chi connectivity index (χ0) is 9.97. The van der Waals surface area contributed by atoms with Gasteiger partial charge in [0.05, 0.1) is 0 Å². The number of hydrogen-bond donors (Lipinski definition) is 0. The maximum atomic E-state index is 2.73. The van der Waals surface area contributed by atoms with Crippen LogP contribution < -0.4 is 0 Å². The molecule has 1 aliphatic heterocycles. The molecule has 1 heterocycles. The SMILES string of the molecule is C.CC(C)N1CCN(C2CCCC2)CC1. The maximum absolute atomic E-state index is 2.73. The molecular weight excluding hydrogens is 184 g/mol. The van der Waals surface area contributed by atoms with E-state index in [-0.39, 0.29) is 7.43 Å². The van der Waals surface area contributed by atoms with E-state index in [1.54, 1.807) is 0 Å². The van der Waals surface area contributed by atoms with E-state index in [0.29, 0.717) is 0 Å². The van der Waals surface area contributed by atoms with Gasteiger partial charge in [-0.3, -0.25) is 9.80 Å². The van der Waals surface area contributed by atoms with Crippen molar-refractivity contribution in [1.29, 1.82) is 0 Å². The van der Waals surface area contributed by atoms with Crippen LogP contribution in [0.5, 0.6) is 0 Å². The number of nitrogens with zero attached hydrogens (tertiary/aromatic N) is 2. The molecule has 0 aromatic rings. The lowest BCUT2D eigenvalue weighted by Gasteiger charge is -2.39. The van der Waals surface area contributed by atoms with Gasteiger partial charge in [0.25, 0.3) is 0 Å². The maximum Gasteiger partial charge on any atom is 0.0113 e. The lowest BCUT2D eigenvalue weighted by atomic mass is 10.1. The van der Waals surface area contributed by atoms with Crippen molar-refractivity contribution in [1.82, 2.24) is 9.80 Å². The predicted octanol–water partition coefficient (Wildman–Crippen LogP) is 2.59. The highest BCUT2D eigenvalue weighted by Crippen LogP contribution is 2.24. The fourth-order valence-corrected chi connectivity index (χ4v) is 2.89. The number of piperazine rings is 1. The van der Waals surface area contributed by atoms with Crippen LogP contribution in [-0.2, 0) is 0 Å². The molecular formula is C13H28N2. The van der Waals surface area contributed by atoms with Crippen LogP contribution in [0.3, 0.4) is 0 Å². The Labute approximate surface area is 95.6 Å². The normalized spacial score (nSPS) is 25.8. The molecule has 2 aliphatic rings. The summed E-state index contributed by atoms with van der Waals surface area (Å²) in [4.78, 5) is 5.33. The van der Waals surface area contributed by atoms with Gasteiger partial charge in [0.2, 0.25) is 0 Å². The summed E-state index contributed by atoms with van der Waals surface area (Å²) in [6.07, 6.45) is 5.85. The van der Waals surface area contributed by atoms with Gasteiger partial charge in [-0.2, -0.15) is 0 Å². The molecule has 1 saturated carbocycles. The molecule has 1 aliphatic carbocycles. The van der Waals surface area contributed by atoms with Crippen LogP contribution in [-0.4, -0.2) is 48.1 Å². The first kappa shape index (κ1) is 13.0. The standard InChI is InChI=1S/C12H24N2.CH4/c1-11(2)13-7-9-14(10-8-13)12-5-3-4-6-12;/h11-12H,3-10H2,1-2H3;1H4. The average Bonchev–Trinajstić information content (AvgIpc) is 2.71. The highest BCUT2D eigenvalue weighted by atomic mass is 15.3. The zero-order valence-corrected chi connectivity index (χ0v) is 9.71. The summed E-state index contributed by atoms with van der Waals surface area (Å²) in [6, 6.07) is 1.67. The van der Waals surface area contributed by atoms with E-state index in [2.05, 4.69) is 23.6 Å². The molecule has 1 saturated heterocycles. The van der Waals surface area contributed by atoms with Crippen LogP contribution in [0.15, 0.2) is 0 Å². The fourth-order valence-electron chi connectivity index (χ4n) is 2.89. The lowest BCUT2D eigenvalue weighted by Crippen LogP contribution is -2.51. The van der Waals surface area contributed by atoms with Crippen molar-refractivity contribution in [3.8, 4) is 0 Å². The van der Waals surface area contributed by atoms with Gasteiger partial charge in [0.15, 0.2) is 0 Å². The predicted molar refractivity (Wildman–Crippen MR) is 67.3 cm³/mol. The lowest BCUT2D eigenvalue weighted by molar-refractivity contribution is 0.0799. The van der Waals surface area contributed by atoms with Gasteiger partial charge in [-0.25, -0.2) is 0 Å². The van der Waals surface area contributed by atoms with Crippen molar-refractivity contribution < 1.29 is 0 Å². The van der Waals surface area contributed by atoms with E-state index in [1.807, 2.05) is 0 Å². The molecule has 0 spiro atoms. The Morgan fingerprint density at radius 2 is 1.47 bits per heavy atom. The largest absolute Gasteiger partial charge is 0.298 e. The molecule has 0 aromatic heterocycles. The van der Waals surface area contributed by atoms with Crippen LogP contribution in [0.4, 0.5) is 0 Å². The van der Waals surface area contributed by atoms with Crippen molar-refractivity contribution in [3.05, 3.63) is 0 Å². The van der Waals surface area contributed by atoms with Crippen molar-refractivity contribution in [2.45, 2.75) is 59.0 Å². The van der Waals surface area contributed by atoms with E-state index in [9.17, 15) is 0 Å². The Hall–Kier alpha value is -0.0800. The van der Waals surface area contributed by atoms with Crippen LogP contribution in [0.2, 0.25) is 0 Å². The van der Waals surface area contributed by atoms with E-state index in [1.165, 1.54) is 51.9 Å². The third-order valence-corrected chi connectivity index (χ3v) is 3.92. The summed E-state index contributed by atoms with van der Waals surface area (Å²) in [5.41, 5.74) is 0. The molecule has 0 N–H and O–H groups in total. The average molecular weight is 212 g/mol. The Morgan fingerprint density at radius 1 is 0.933 bits per heavy atom. The summed E-state index contributed by atoms with van der Waals surface area (Å²) in [5, 5.41) is 0. The molecule has 0 radical (unpaired) electrons. The molecule has 2 fully saturated rings.